The van der Waals surface area contributed by atoms with Crippen molar-refractivity contribution in [2.24, 2.45) is 10.2 Å². The zero-order valence-corrected chi connectivity index (χ0v) is 19.9. The van der Waals surface area contributed by atoms with Crippen LogP contribution < -0.4 is 9.80 Å². The van der Waals surface area contributed by atoms with Gasteiger partial charge in [-0.15, -0.1) is 10.2 Å². The minimum absolute atomic E-state index is 0.0403. The first-order valence-corrected chi connectivity index (χ1v) is 11.5. The van der Waals surface area contributed by atoms with Crippen molar-refractivity contribution in [2.45, 2.75) is 13.8 Å². The fraction of sp³-hybridized carbons (Fsp3) is 0.435. The highest BCUT2D eigenvalue weighted by molar-refractivity contribution is 7.16. The summed E-state index contributed by atoms with van der Waals surface area (Å²) < 4.78 is 0.966. The van der Waals surface area contributed by atoms with Gasteiger partial charge >= 0.3 is 0 Å². The van der Waals surface area contributed by atoms with E-state index < -0.39 is 0 Å². The third-order valence-corrected chi connectivity index (χ3v) is 6.48. The SMILES string of the molecule is [C-]#[N+]/C(C#N)=C/c1sc(/N=N/c2ccc(N(CC)CC)cc2)nc1N1CC[N+](C)(C)CC1. The Morgan fingerprint density at radius 3 is 2.47 bits per heavy atom. The number of hydrogen-bond donors (Lipinski definition) is 0. The first-order chi connectivity index (χ1) is 15.4. The number of thiazole rings is 1. The van der Waals surface area contributed by atoms with E-state index in [9.17, 15) is 5.26 Å². The number of aromatic nitrogens is 1. The Morgan fingerprint density at radius 2 is 1.91 bits per heavy atom. The predicted molar refractivity (Wildman–Crippen MR) is 131 cm³/mol. The van der Waals surface area contributed by atoms with E-state index in [0.717, 1.165) is 65.8 Å². The van der Waals surface area contributed by atoms with Crippen molar-refractivity contribution >= 4 is 39.7 Å². The molecule has 1 fully saturated rings. The van der Waals surface area contributed by atoms with Gasteiger partial charge in [0, 0.05) is 18.8 Å². The molecule has 166 valence electrons. The Bertz CT molecular complexity index is 1040. The highest BCUT2D eigenvalue weighted by Crippen LogP contribution is 2.35. The van der Waals surface area contributed by atoms with Crippen LogP contribution in [0.15, 0.2) is 40.2 Å². The van der Waals surface area contributed by atoms with Gasteiger partial charge in [0.05, 0.1) is 63.5 Å². The van der Waals surface area contributed by atoms with Crippen molar-refractivity contribution in [2.75, 3.05) is 63.2 Å². The molecular formula is C23H29N8S+. The normalized spacial score (nSPS) is 16.1. The highest BCUT2D eigenvalue weighted by Gasteiger charge is 2.27. The summed E-state index contributed by atoms with van der Waals surface area (Å²) in [5.41, 5.74) is 1.96. The second kappa shape index (κ2) is 10.4. The Kier molecular flexibility index (Phi) is 7.57. The quantitative estimate of drug-likeness (QED) is 0.256. The van der Waals surface area contributed by atoms with Crippen LogP contribution in [0.3, 0.4) is 0 Å². The summed E-state index contributed by atoms with van der Waals surface area (Å²) in [5, 5.41) is 18.4. The number of hydrogen-bond acceptors (Lipinski definition) is 7. The molecular weight excluding hydrogens is 420 g/mol. The lowest BCUT2D eigenvalue weighted by Gasteiger charge is -2.39. The van der Waals surface area contributed by atoms with Gasteiger partial charge in [0.2, 0.25) is 5.13 Å². The Balaban J connectivity index is 1.85. The lowest BCUT2D eigenvalue weighted by Crippen LogP contribution is -2.55. The molecule has 1 saturated heterocycles. The van der Waals surface area contributed by atoms with Crippen LogP contribution in [0.4, 0.5) is 22.3 Å². The molecule has 0 bridgehead atoms. The monoisotopic (exact) mass is 449 g/mol. The first kappa shape index (κ1) is 23.4. The van der Waals surface area contributed by atoms with Gasteiger partial charge in [-0.2, -0.15) is 4.98 Å². The van der Waals surface area contributed by atoms with Gasteiger partial charge in [0.25, 0.3) is 5.70 Å². The molecule has 0 radical (unpaired) electrons. The standard InChI is InChI=1S/C23H29N8S/c1-6-29(7-2)20-10-8-18(9-11-20)27-28-23-26-22(21(32-23)16-19(17-24)25-3)30-12-14-31(4,5)15-13-30/h8-11,16H,6-7,12-15H2,1-2,4-5H3/q+1/b19-16+,28-27+. The molecule has 2 heterocycles. The average molecular weight is 450 g/mol. The van der Waals surface area contributed by atoms with E-state index in [1.807, 2.05) is 30.3 Å². The molecule has 8 nitrogen and oxygen atoms in total. The Labute approximate surface area is 194 Å². The molecule has 1 aliphatic heterocycles. The van der Waals surface area contributed by atoms with E-state index in [2.05, 4.69) is 52.8 Å². The molecule has 0 unspecified atom stereocenters. The average Bonchev–Trinajstić information content (AvgIpc) is 3.20. The van der Waals surface area contributed by atoms with Crippen molar-refractivity contribution in [1.29, 1.82) is 5.26 Å². The number of rotatable bonds is 7. The number of piperazine rings is 1. The third-order valence-electron chi connectivity index (χ3n) is 5.61. The summed E-state index contributed by atoms with van der Waals surface area (Å²) in [6, 6.07) is 9.93. The molecule has 1 aromatic carbocycles. The zero-order valence-electron chi connectivity index (χ0n) is 19.1. The van der Waals surface area contributed by atoms with Gasteiger partial charge in [0.15, 0.2) is 0 Å². The number of benzene rings is 1. The Morgan fingerprint density at radius 1 is 1.25 bits per heavy atom. The largest absolute Gasteiger partial charge is 0.372 e. The van der Waals surface area contributed by atoms with E-state index in [0.29, 0.717) is 5.13 Å². The molecule has 9 heteroatoms. The van der Waals surface area contributed by atoms with Gasteiger partial charge in [-0.05, 0) is 44.2 Å². The van der Waals surface area contributed by atoms with Crippen LogP contribution >= 0.6 is 11.3 Å². The van der Waals surface area contributed by atoms with Crippen molar-refractivity contribution in [3.8, 4) is 6.07 Å². The molecule has 0 spiro atoms. The van der Waals surface area contributed by atoms with Crippen molar-refractivity contribution in [1.82, 2.24) is 4.98 Å². The van der Waals surface area contributed by atoms with Gasteiger partial charge < -0.3 is 14.3 Å². The van der Waals surface area contributed by atoms with Gasteiger partial charge in [-0.25, -0.2) is 10.1 Å². The van der Waals surface area contributed by atoms with Crippen LogP contribution in [-0.4, -0.2) is 62.8 Å². The van der Waals surface area contributed by atoms with Crippen LogP contribution in [0.1, 0.15) is 18.7 Å². The van der Waals surface area contributed by atoms with Crippen LogP contribution in [0, 0.1) is 17.9 Å². The molecule has 1 aromatic heterocycles. The zero-order chi connectivity index (χ0) is 23.1. The summed E-state index contributed by atoms with van der Waals surface area (Å²) in [5.74, 6) is 0.775. The van der Waals surface area contributed by atoms with Crippen LogP contribution in [-0.2, 0) is 0 Å². The number of allylic oxidation sites excluding steroid dienone is 1. The van der Waals surface area contributed by atoms with Gasteiger partial charge in [-0.3, -0.25) is 0 Å². The molecule has 0 N–H and O–H groups in total. The fourth-order valence-corrected chi connectivity index (χ4v) is 4.37. The first-order valence-electron chi connectivity index (χ1n) is 10.7. The number of anilines is 2. The number of azo groups is 1. The summed E-state index contributed by atoms with van der Waals surface area (Å²) in [6.07, 6.45) is 1.60. The summed E-state index contributed by atoms with van der Waals surface area (Å²) in [7, 11) is 4.44. The maximum Gasteiger partial charge on any atom is 0.263 e. The van der Waals surface area contributed by atoms with E-state index in [1.54, 1.807) is 6.08 Å². The molecule has 2 aromatic rings. The molecule has 0 aliphatic carbocycles. The molecule has 3 rings (SSSR count). The fourth-order valence-electron chi connectivity index (χ4n) is 3.53. The van der Waals surface area contributed by atoms with E-state index in [4.69, 9.17) is 11.6 Å². The maximum absolute atomic E-state index is 9.20. The number of quaternary nitrogens is 1. The Hall–Kier alpha value is -3.27. The smallest absolute Gasteiger partial charge is 0.263 e. The number of nitrogens with zero attached hydrogens (tertiary/aromatic N) is 8. The molecule has 1 aliphatic rings. The second-order valence-corrected chi connectivity index (χ2v) is 9.21. The summed E-state index contributed by atoms with van der Waals surface area (Å²) in [4.78, 5) is 13.3. The number of nitriles is 1. The van der Waals surface area contributed by atoms with Crippen LogP contribution in [0.25, 0.3) is 10.9 Å². The van der Waals surface area contributed by atoms with Crippen molar-refractivity contribution in [3.05, 3.63) is 46.3 Å². The molecule has 0 amide bonds. The van der Waals surface area contributed by atoms with E-state index >= 15 is 0 Å². The minimum Gasteiger partial charge on any atom is -0.372 e. The molecule has 0 atom stereocenters. The van der Waals surface area contributed by atoms with Crippen molar-refractivity contribution in [3.63, 3.8) is 0 Å². The van der Waals surface area contributed by atoms with Crippen molar-refractivity contribution < 1.29 is 4.48 Å². The molecule has 0 saturated carbocycles. The lowest BCUT2D eigenvalue weighted by molar-refractivity contribution is -0.890. The van der Waals surface area contributed by atoms with Crippen LogP contribution in [0.5, 0.6) is 0 Å². The van der Waals surface area contributed by atoms with Gasteiger partial charge in [0.1, 0.15) is 5.82 Å². The minimum atomic E-state index is 0.0403. The van der Waals surface area contributed by atoms with Gasteiger partial charge in [-0.1, -0.05) is 11.3 Å². The topological polar surface area (TPSA) is 72.2 Å². The lowest BCUT2D eigenvalue weighted by atomic mass is 10.2. The van der Waals surface area contributed by atoms with E-state index in [1.165, 1.54) is 11.3 Å². The van der Waals surface area contributed by atoms with E-state index in [-0.39, 0.29) is 5.70 Å². The second-order valence-electron chi connectivity index (χ2n) is 8.20. The predicted octanol–water partition coefficient (Wildman–Crippen LogP) is 5.08. The summed E-state index contributed by atoms with van der Waals surface area (Å²) in [6.45, 7) is 17.1. The molecule has 32 heavy (non-hydrogen) atoms. The third kappa shape index (κ3) is 5.70. The number of likely N-dealkylation sites (N-methyl/N-ethyl adjacent to an activating group) is 1. The maximum atomic E-state index is 9.20. The summed E-state index contributed by atoms with van der Waals surface area (Å²) >= 11 is 1.35. The van der Waals surface area contributed by atoms with Crippen LogP contribution in [0.2, 0.25) is 0 Å². The highest BCUT2D eigenvalue weighted by atomic mass is 32.1.